The molecule has 3 N–H and O–H groups in total. The van der Waals surface area contributed by atoms with E-state index in [0.717, 1.165) is 0 Å². The van der Waals surface area contributed by atoms with Crippen LogP contribution in [0.1, 0.15) is 10.5 Å². The van der Waals surface area contributed by atoms with Gasteiger partial charge in [-0.1, -0.05) is 0 Å². The molecule has 21 heavy (non-hydrogen) atoms. The van der Waals surface area contributed by atoms with Crippen molar-refractivity contribution in [2.75, 3.05) is 11.1 Å². The number of carbonyl (C=O) groups is 1. The van der Waals surface area contributed by atoms with Gasteiger partial charge in [0.05, 0.1) is 17.6 Å². The quantitative estimate of drug-likeness (QED) is 0.737. The van der Waals surface area contributed by atoms with E-state index in [4.69, 9.17) is 5.73 Å². The fourth-order valence-electron chi connectivity index (χ4n) is 1.72. The molecule has 104 valence electrons. The molecule has 3 rings (SSSR count). The molecule has 3 aromatic heterocycles. The number of nitrogens with one attached hydrogen (secondary N) is 1. The normalized spacial score (nSPS) is 10.3. The highest BCUT2D eigenvalue weighted by molar-refractivity contribution is 6.06. The molecule has 0 atom stereocenters. The Bertz CT molecular complexity index is 752. The van der Waals surface area contributed by atoms with E-state index in [0.29, 0.717) is 17.2 Å². The van der Waals surface area contributed by atoms with E-state index in [9.17, 15) is 4.79 Å². The molecule has 0 aliphatic carbocycles. The minimum atomic E-state index is -0.386. The Labute approximate surface area is 119 Å². The monoisotopic (exact) mass is 281 g/mol. The van der Waals surface area contributed by atoms with Crippen LogP contribution in [0.2, 0.25) is 0 Å². The van der Waals surface area contributed by atoms with Crippen molar-refractivity contribution in [2.45, 2.75) is 0 Å². The highest BCUT2D eigenvalue weighted by atomic mass is 16.1. The van der Waals surface area contributed by atoms with E-state index in [1.807, 2.05) is 0 Å². The van der Waals surface area contributed by atoms with Crippen molar-refractivity contribution in [1.29, 1.82) is 0 Å². The number of nitrogens with zero attached hydrogens (tertiary/aromatic N) is 5. The van der Waals surface area contributed by atoms with Crippen molar-refractivity contribution in [3.05, 3.63) is 55.0 Å². The first kappa shape index (κ1) is 12.7. The number of rotatable bonds is 3. The number of nitrogens with two attached hydrogens (primary N) is 1. The summed E-state index contributed by atoms with van der Waals surface area (Å²) in [6, 6.07) is 6.71. The first-order valence-corrected chi connectivity index (χ1v) is 6.07. The van der Waals surface area contributed by atoms with Crippen molar-refractivity contribution in [2.24, 2.45) is 0 Å². The standard InChI is InChI=1S/C13H11N7O/c14-10-2-1-5-16-12(10)13(21)19-9-3-4-11(17-6-9)20-8-15-7-18-20/h1-8H,14H2,(H,19,21). The van der Waals surface area contributed by atoms with E-state index in [-0.39, 0.29) is 11.6 Å². The molecule has 3 heterocycles. The zero-order valence-corrected chi connectivity index (χ0v) is 10.8. The number of pyridine rings is 2. The van der Waals surface area contributed by atoms with Crippen molar-refractivity contribution in [3.8, 4) is 5.82 Å². The van der Waals surface area contributed by atoms with Gasteiger partial charge in [0.25, 0.3) is 5.91 Å². The van der Waals surface area contributed by atoms with Crippen molar-refractivity contribution in [3.63, 3.8) is 0 Å². The van der Waals surface area contributed by atoms with Crippen LogP contribution >= 0.6 is 0 Å². The third kappa shape index (κ3) is 2.68. The number of anilines is 2. The number of hydrogen-bond acceptors (Lipinski definition) is 6. The molecule has 0 saturated carbocycles. The SMILES string of the molecule is Nc1cccnc1C(=O)Nc1ccc(-n2cncn2)nc1. The number of aromatic nitrogens is 5. The Balaban J connectivity index is 1.77. The molecular weight excluding hydrogens is 270 g/mol. The summed E-state index contributed by atoms with van der Waals surface area (Å²) in [4.78, 5) is 24.0. The number of hydrogen-bond donors (Lipinski definition) is 2. The van der Waals surface area contributed by atoms with E-state index >= 15 is 0 Å². The smallest absolute Gasteiger partial charge is 0.276 e. The van der Waals surface area contributed by atoms with Crippen LogP contribution in [0, 0.1) is 0 Å². The predicted molar refractivity (Wildman–Crippen MR) is 75.8 cm³/mol. The summed E-state index contributed by atoms with van der Waals surface area (Å²) in [6.45, 7) is 0. The van der Waals surface area contributed by atoms with Gasteiger partial charge in [-0.2, -0.15) is 5.10 Å². The Kier molecular flexibility index (Phi) is 3.26. The summed E-state index contributed by atoms with van der Waals surface area (Å²) in [6.07, 6.45) is 5.99. The van der Waals surface area contributed by atoms with Gasteiger partial charge in [-0.25, -0.2) is 19.6 Å². The molecule has 8 nitrogen and oxygen atoms in total. The van der Waals surface area contributed by atoms with Gasteiger partial charge < -0.3 is 11.1 Å². The predicted octanol–water partition coefficient (Wildman–Crippen LogP) is 0.892. The molecule has 0 aliphatic rings. The molecular formula is C13H11N7O. The van der Waals surface area contributed by atoms with E-state index in [1.165, 1.54) is 29.7 Å². The Morgan fingerprint density at radius 3 is 2.81 bits per heavy atom. The fourth-order valence-corrected chi connectivity index (χ4v) is 1.72. The Morgan fingerprint density at radius 1 is 1.24 bits per heavy atom. The lowest BCUT2D eigenvalue weighted by Gasteiger charge is -2.06. The lowest BCUT2D eigenvalue weighted by molar-refractivity contribution is 0.102. The van der Waals surface area contributed by atoms with Crippen LogP contribution in [-0.4, -0.2) is 30.6 Å². The maximum absolute atomic E-state index is 12.0. The van der Waals surface area contributed by atoms with Crippen LogP contribution in [0.5, 0.6) is 0 Å². The van der Waals surface area contributed by atoms with Gasteiger partial charge in [0, 0.05) is 6.20 Å². The largest absolute Gasteiger partial charge is 0.397 e. The second-order valence-electron chi connectivity index (χ2n) is 4.14. The average Bonchev–Trinajstić information content (AvgIpc) is 3.02. The minimum Gasteiger partial charge on any atom is -0.397 e. The third-order valence-electron chi connectivity index (χ3n) is 2.71. The van der Waals surface area contributed by atoms with Crippen molar-refractivity contribution >= 4 is 17.3 Å². The topological polar surface area (TPSA) is 112 Å². The van der Waals surface area contributed by atoms with Crippen molar-refractivity contribution < 1.29 is 4.79 Å². The zero-order chi connectivity index (χ0) is 14.7. The van der Waals surface area contributed by atoms with Crippen LogP contribution in [0.25, 0.3) is 5.82 Å². The van der Waals surface area contributed by atoms with Gasteiger partial charge in [0.1, 0.15) is 12.7 Å². The summed E-state index contributed by atoms with van der Waals surface area (Å²) in [5.41, 5.74) is 6.74. The molecule has 0 aromatic carbocycles. The van der Waals surface area contributed by atoms with Crippen LogP contribution in [0.3, 0.4) is 0 Å². The second kappa shape index (κ2) is 5.37. The third-order valence-corrected chi connectivity index (χ3v) is 2.71. The molecule has 0 aliphatic heterocycles. The number of carbonyl (C=O) groups excluding carboxylic acids is 1. The molecule has 0 radical (unpaired) electrons. The Morgan fingerprint density at radius 2 is 2.14 bits per heavy atom. The van der Waals surface area contributed by atoms with E-state index in [2.05, 4.69) is 25.4 Å². The van der Waals surface area contributed by atoms with Gasteiger partial charge in [-0.15, -0.1) is 0 Å². The molecule has 0 unspecified atom stereocenters. The van der Waals surface area contributed by atoms with Gasteiger partial charge in [0.15, 0.2) is 11.5 Å². The summed E-state index contributed by atoms with van der Waals surface area (Å²) < 4.78 is 1.52. The van der Waals surface area contributed by atoms with Crippen LogP contribution in [-0.2, 0) is 0 Å². The molecule has 0 saturated heterocycles. The number of amides is 1. The first-order valence-electron chi connectivity index (χ1n) is 6.07. The Hall–Kier alpha value is -3.29. The zero-order valence-electron chi connectivity index (χ0n) is 10.8. The summed E-state index contributed by atoms with van der Waals surface area (Å²) in [7, 11) is 0. The molecule has 0 fully saturated rings. The molecule has 0 bridgehead atoms. The summed E-state index contributed by atoms with van der Waals surface area (Å²) >= 11 is 0. The lowest BCUT2D eigenvalue weighted by atomic mass is 10.3. The molecule has 3 aromatic rings. The van der Waals surface area contributed by atoms with Gasteiger partial charge in [0.2, 0.25) is 0 Å². The molecule has 8 heteroatoms. The average molecular weight is 281 g/mol. The highest BCUT2D eigenvalue weighted by Gasteiger charge is 2.11. The van der Waals surface area contributed by atoms with Crippen LogP contribution in [0.15, 0.2) is 49.3 Å². The lowest BCUT2D eigenvalue weighted by Crippen LogP contribution is -2.16. The summed E-state index contributed by atoms with van der Waals surface area (Å²) in [5.74, 6) is 0.214. The maximum Gasteiger partial charge on any atom is 0.276 e. The van der Waals surface area contributed by atoms with Crippen LogP contribution < -0.4 is 11.1 Å². The summed E-state index contributed by atoms with van der Waals surface area (Å²) in [5, 5.41) is 6.65. The fraction of sp³-hybridized carbons (Fsp3) is 0. The van der Waals surface area contributed by atoms with Gasteiger partial charge >= 0.3 is 0 Å². The maximum atomic E-state index is 12.0. The van der Waals surface area contributed by atoms with E-state index in [1.54, 1.807) is 24.3 Å². The van der Waals surface area contributed by atoms with Crippen molar-refractivity contribution in [1.82, 2.24) is 24.7 Å². The van der Waals surface area contributed by atoms with Gasteiger partial charge in [-0.3, -0.25) is 4.79 Å². The minimum absolute atomic E-state index is 0.179. The van der Waals surface area contributed by atoms with E-state index < -0.39 is 0 Å². The van der Waals surface area contributed by atoms with Crippen LogP contribution in [0.4, 0.5) is 11.4 Å². The highest BCUT2D eigenvalue weighted by Crippen LogP contribution is 2.12. The molecule has 0 spiro atoms. The number of nitrogen functional groups attached to an aromatic ring is 1. The first-order chi connectivity index (χ1) is 10.2. The second-order valence-corrected chi connectivity index (χ2v) is 4.14. The molecule has 1 amide bonds. The van der Waals surface area contributed by atoms with Gasteiger partial charge in [-0.05, 0) is 24.3 Å².